The molecule has 0 spiro atoms. The summed E-state index contributed by atoms with van der Waals surface area (Å²) in [6.07, 6.45) is 4.31. The summed E-state index contributed by atoms with van der Waals surface area (Å²) < 4.78 is 29.6. The maximum atomic E-state index is 14.2. The number of benzene rings is 1. The molecule has 3 heterocycles. The Balaban J connectivity index is 1.81. The fourth-order valence-corrected chi connectivity index (χ4v) is 4.41. The Kier molecular flexibility index (Phi) is 5.21. The van der Waals surface area contributed by atoms with Gasteiger partial charge in [0, 0.05) is 6.20 Å². The van der Waals surface area contributed by atoms with Crippen molar-refractivity contribution in [2.45, 2.75) is 31.7 Å². The number of halogens is 2. The summed E-state index contributed by atoms with van der Waals surface area (Å²) in [5, 5.41) is 12.7. The lowest BCUT2D eigenvalue weighted by Gasteiger charge is -2.24. The molecule has 3 N–H and O–H groups in total. The molecule has 7 nitrogen and oxygen atoms in total. The largest absolute Gasteiger partial charge is 0.368 e. The van der Waals surface area contributed by atoms with Gasteiger partial charge >= 0.3 is 0 Å². The number of nitrogens with one attached hydrogen (secondary N) is 1. The van der Waals surface area contributed by atoms with Gasteiger partial charge in [-0.25, -0.2) is 13.8 Å². The third kappa shape index (κ3) is 3.73. The highest BCUT2D eigenvalue weighted by atomic mass is 19.1. The van der Waals surface area contributed by atoms with Gasteiger partial charge in [-0.3, -0.25) is 9.20 Å². The normalized spacial score (nSPS) is 14.1. The Morgan fingerprint density at radius 3 is 2.74 bits per heavy atom. The molecule has 0 bridgehead atoms. The van der Waals surface area contributed by atoms with Crippen molar-refractivity contribution in [2.75, 3.05) is 11.1 Å². The molecular weight excluding hydrogens is 438 g/mol. The molecule has 0 amide bonds. The third-order valence-corrected chi connectivity index (χ3v) is 5.99. The van der Waals surface area contributed by atoms with Crippen LogP contribution in [0.5, 0.6) is 0 Å². The van der Waals surface area contributed by atoms with Crippen LogP contribution in [0.4, 0.5) is 20.5 Å². The monoisotopic (exact) mass is 458 g/mol. The minimum atomic E-state index is -0.546. The second kappa shape index (κ2) is 8.23. The number of nitrogens with two attached hydrogens (primary N) is 1. The highest BCUT2D eigenvalue weighted by Crippen LogP contribution is 2.47. The fourth-order valence-electron chi connectivity index (χ4n) is 4.41. The number of anilines is 2. The van der Waals surface area contributed by atoms with Crippen molar-refractivity contribution < 1.29 is 8.78 Å². The smallest absolute Gasteiger partial charge is 0.263 e. The van der Waals surface area contributed by atoms with Gasteiger partial charge in [0.25, 0.3) is 5.56 Å². The minimum Gasteiger partial charge on any atom is -0.368 e. The van der Waals surface area contributed by atoms with E-state index in [1.165, 1.54) is 34.9 Å². The first-order valence-electron chi connectivity index (χ1n) is 10.8. The molecule has 9 heteroatoms. The van der Waals surface area contributed by atoms with E-state index in [9.17, 15) is 18.8 Å². The first-order valence-corrected chi connectivity index (χ1v) is 10.8. The van der Waals surface area contributed by atoms with Gasteiger partial charge in [-0.15, -0.1) is 0 Å². The molecule has 1 aliphatic carbocycles. The van der Waals surface area contributed by atoms with E-state index in [0.29, 0.717) is 16.6 Å². The van der Waals surface area contributed by atoms with Gasteiger partial charge in [0.15, 0.2) is 0 Å². The summed E-state index contributed by atoms with van der Waals surface area (Å²) in [6.45, 7) is 1.84. The third-order valence-electron chi connectivity index (χ3n) is 5.99. The van der Waals surface area contributed by atoms with Crippen molar-refractivity contribution in [3.05, 3.63) is 87.5 Å². The fraction of sp³-hybridized carbons (Fsp3) is 0.200. The molecular formula is C25H20F2N6O. The Bertz CT molecular complexity index is 1540. The number of nitrogens with zero attached hydrogens (tertiary/aromatic N) is 4. The van der Waals surface area contributed by atoms with Crippen molar-refractivity contribution in [2.24, 2.45) is 0 Å². The first-order chi connectivity index (χ1) is 16.4. The standard InChI is InChI=1S/C25H20F2N6O/c1-13(31-23-16(10-28)11-30-25(29)32-23)20-21(14-5-6-14)19-8-7-18(27)12-33(19)24(34)22(20)15-3-2-4-17(26)9-15/h2-4,7-9,11-14H,5-6H2,1H3,(H3,29,30,31,32)/t13-/m0/s1. The number of hydrogen-bond acceptors (Lipinski definition) is 6. The average molecular weight is 458 g/mol. The Morgan fingerprint density at radius 2 is 2.03 bits per heavy atom. The van der Waals surface area contributed by atoms with Crippen molar-refractivity contribution in [1.29, 1.82) is 5.26 Å². The molecule has 0 unspecified atom stereocenters. The van der Waals surface area contributed by atoms with E-state index in [2.05, 4.69) is 15.3 Å². The van der Waals surface area contributed by atoms with Crippen LogP contribution in [0.25, 0.3) is 16.6 Å². The number of nitrogen functional groups attached to an aromatic ring is 1. The van der Waals surface area contributed by atoms with E-state index in [1.807, 2.05) is 13.0 Å². The topological polar surface area (TPSA) is 109 Å². The highest BCUT2D eigenvalue weighted by Gasteiger charge is 2.33. The SMILES string of the molecule is C[C@H](Nc1nc(N)ncc1C#N)c1c(-c2cccc(F)c2)c(=O)n2cc(F)ccc2c1C1CC1. The molecule has 4 aromatic rings. The number of pyridine rings is 2. The van der Waals surface area contributed by atoms with Gasteiger partial charge in [0.1, 0.15) is 29.1 Å². The molecule has 1 atom stereocenters. The lowest BCUT2D eigenvalue weighted by atomic mass is 9.89. The van der Waals surface area contributed by atoms with Gasteiger partial charge in [0.2, 0.25) is 5.95 Å². The predicted octanol–water partition coefficient (Wildman–Crippen LogP) is 4.54. The molecule has 34 heavy (non-hydrogen) atoms. The number of rotatable bonds is 5. The molecule has 0 radical (unpaired) electrons. The lowest BCUT2D eigenvalue weighted by Crippen LogP contribution is -2.24. The summed E-state index contributed by atoms with van der Waals surface area (Å²) in [7, 11) is 0. The predicted molar refractivity (Wildman–Crippen MR) is 124 cm³/mol. The summed E-state index contributed by atoms with van der Waals surface area (Å²) in [5.74, 6) is -0.644. The minimum absolute atomic E-state index is 0.00414. The maximum Gasteiger partial charge on any atom is 0.263 e. The van der Waals surface area contributed by atoms with E-state index in [4.69, 9.17) is 5.73 Å². The van der Waals surface area contributed by atoms with Gasteiger partial charge in [-0.2, -0.15) is 10.2 Å². The van der Waals surface area contributed by atoms with Crippen molar-refractivity contribution in [3.63, 3.8) is 0 Å². The van der Waals surface area contributed by atoms with Crippen molar-refractivity contribution >= 4 is 17.3 Å². The second-order valence-corrected chi connectivity index (χ2v) is 8.36. The lowest BCUT2D eigenvalue weighted by molar-refractivity contribution is 0.617. The molecule has 5 rings (SSSR count). The van der Waals surface area contributed by atoms with Crippen molar-refractivity contribution in [3.8, 4) is 17.2 Å². The van der Waals surface area contributed by atoms with Crippen LogP contribution in [-0.4, -0.2) is 14.4 Å². The molecule has 170 valence electrons. The molecule has 1 aromatic carbocycles. The van der Waals surface area contributed by atoms with E-state index >= 15 is 0 Å². The first kappa shape index (κ1) is 21.5. The maximum absolute atomic E-state index is 14.2. The van der Waals surface area contributed by atoms with Gasteiger partial charge < -0.3 is 11.1 Å². The Labute approximate surface area is 193 Å². The average Bonchev–Trinajstić information content (AvgIpc) is 3.64. The van der Waals surface area contributed by atoms with Crippen molar-refractivity contribution in [1.82, 2.24) is 14.4 Å². The number of hydrogen-bond donors (Lipinski definition) is 2. The van der Waals surface area contributed by atoms with Gasteiger partial charge in [-0.1, -0.05) is 12.1 Å². The molecule has 3 aromatic heterocycles. The summed E-state index contributed by atoms with van der Waals surface area (Å²) in [4.78, 5) is 21.7. The molecule has 0 aliphatic heterocycles. The molecule has 1 fully saturated rings. The number of nitriles is 1. The Morgan fingerprint density at radius 1 is 1.24 bits per heavy atom. The summed E-state index contributed by atoms with van der Waals surface area (Å²) in [6, 6.07) is 10.2. The van der Waals surface area contributed by atoms with Crippen LogP contribution in [0, 0.1) is 23.0 Å². The quantitative estimate of drug-likeness (QED) is 0.455. The van der Waals surface area contributed by atoms with E-state index < -0.39 is 23.2 Å². The molecule has 1 aliphatic rings. The van der Waals surface area contributed by atoms with Crippen LogP contribution in [-0.2, 0) is 0 Å². The van der Waals surface area contributed by atoms with E-state index in [1.54, 1.807) is 12.1 Å². The zero-order valence-electron chi connectivity index (χ0n) is 18.2. The highest BCUT2D eigenvalue weighted by molar-refractivity contribution is 5.76. The van der Waals surface area contributed by atoms with Crippen LogP contribution in [0.3, 0.4) is 0 Å². The molecule has 1 saturated carbocycles. The second-order valence-electron chi connectivity index (χ2n) is 8.36. The zero-order chi connectivity index (χ0) is 24.0. The van der Waals surface area contributed by atoms with Gasteiger partial charge in [-0.05, 0) is 66.6 Å². The van der Waals surface area contributed by atoms with Crippen LogP contribution >= 0.6 is 0 Å². The molecule has 0 saturated heterocycles. The summed E-state index contributed by atoms with van der Waals surface area (Å²) in [5.41, 5.74) is 8.26. The van der Waals surface area contributed by atoms with E-state index in [-0.39, 0.29) is 28.8 Å². The zero-order valence-corrected chi connectivity index (χ0v) is 18.2. The number of fused-ring (bicyclic) bond motifs is 1. The summed E-state index contributed by atoms with van der Waals surface area (Å²) >= 11 is 0. The van der Waals surface area contributed by atoms with Crippen LogP contribution in [0.15, 0.2) is 53.6 Å². The number of aromatic nitrogens is 3. The van der Waals surface area contributed by atoms with Crippen LogP contribution in [0.2, 0.25) is 0 Å². The van der Waals surface area contributed by atoms with E-state index in [0.717, 1.165) is 24.6 Å². The van der Waals surface area contributed by atoms with Crippen LogP contribution < -0.4 is 16.6 Å². The van der Waals surface area contributed by atoms with Crippen LogP contribution in [0.1, 0.15) is 48.4 Å². The Hall–Kier alpha value is -4.32. The van der Waals surface area contributed by atoms with Gasteiger partial charge in [0.05, 0.1) is 23.3 Å².